The molecule has 26 heavy (non-hydrogen) atoms. The molecule has 1 aromatic heterocycles. The lowest BCUT2D eigenvalue weighted by molar-refractivity contribution is 0.170. The largest absolute Gasteiger partial charge is 0.489 e. The summed E-state index contributed by atoms with van der Waals surface area (Å²) in [7, 11) is 0. The predicted molar refractivity (Wildman–Crippen MR) is 103 cm³/mol. The van der Waals surface area contributed by atoms with Gasteiger partial charge in [0.05, 0.1) is 0 Å². The molecule has 3 heterocycles. The van der Waals surface area contributed by atoms with E-state index in [1.165, 1.54) is 38.2 Å². The summed E-state index contributed by atoms with van der Waals surface area (Å²) in [5.74, 6) is 0.915. The Labute approximate surface area is 156 Å². The number of nitrogens with one attached hydrogen (secondary N) is 1. The van der Waals surface area contributed by atoms with Gasteiger partial charge < -0.3 is 10.1 Å². The van der Waals surface area contributed by atoms with Gasteiger partial charge in [0.1, 0.15) is 12.4 Å². The van der Waals surface area contributed by atoms with Gasteiger partial charge in [0, 0.05) is 69.8 Å². The quantitative estimate of drug-likeness (QED) is 0.863. The molecule has 2 aliphatic heterocycles. The minimum Gasteiger partial charge on any atom is -0.489 e. The van der Waals surface area contributed by atoms with E-state index in [1.807, 2.05) is 18.3 Å². The summed E-state index contributed by atoms with van der Waals surface area (Å²) >= 11 is 0. The molecule has 0 amide bonds. The summed E-state index contributed by atoms with van der Waals surface area (Å²) in [5, 5.41) is 3.44. The van der Waals surface area contributed by atoms with Crippen molar-refractivity contribution in [2.24, 2.45) is 0 Å². The van der Waals surface area contributed by atoms with E-state index >= 15 is 0 Å². The molecule has 5 nitrogen and oxygen atoms in total. The van der Waals surface area contributed by atoms with Crippen LogP contribution in [0.15, 0.2) is 48.8 Å². The fourth-order valence-corrected chi connectivity index (χ4v) is 3.90. The summed E-state index contributed by atoms with van der Waals surface area (Å²) < 4.78 is 5.85. The number of hydrogen-bond acceptors (Lipinski definition) is 5. The molecular weight excluding hydrogens is 324 g/mol. The van der Waals surface area contributed by atoms with Crippen LogP contribution in [0.5, 0.6) is 5.75 Å². The van der Waals surface area contributed by atoms with Crippen molar-refractivity contribution < 1.29 is 4.74 Å². The molecule has 4 rings (SSSR count). The average Bonchev–Trinajstić information content (AvgIpc) is 3.17. The number of benzene rings is 1. The molecule has 138 valence electrons. The normalized spacial score (nSPS) is 21.8. The van der Waals surface area contributed by atoms with Crippen molar-refractivity contribution in [1.82, 2.24) is 20.1 Å². The maximum Gasteiger partial charge on any atom is 0.119 e. The molecule has 2 saturated heterocycles. The fourth-order valence-electron chi connectivity index (χ4n) is 3.90. The van der Waals surface area contributed by atoms with Crippen molar-refractivity contribution in [2.75, 3.05) is 39.3 Å². The number of likely N-dealkylation sites (tertiary alicyclic amines) is 1. The molecule has 1 atom stereocenters. The topological polar surface area (TPSA) is 40.6 Å². The lowest BCUT2D eigenvalue weighted by atomic mass is 10.2. The van der Waals surface area contributed by atoms with Crippen molar-refractivity contribution in [3.05, 3.63) is 59.9 Å². The minimum absolute atomic E-state index is 0.561. The van der Waals surface area contributed by atoms with Gasteiger partial charge in [-0.15, -0.1) is 0 Å². The van der Waals surface area contributed by atoms with Crippen molar-refractivity contribution in [2.45, 2.75) is 25.6 Å². The van der Waals surface area contributed by atoms with Crippen molar-refractivity contribution >= 4 is 0 Å². The molecule has 1 aromatic carbocycles. The number of piperazine rings is 1. The zero-order chi connectivity index (χ0) is 17.6. The van der Waals surface area contributed by atoms with Crippen LogP contribution in [0.25, 0.3) is 0 Å². The zero-order valence-electron chi connectivity index (χ0n) is 15.3. The monoisotopic (exact) mass is 352 g/mol. The van der Waals surface area contributed by atoms with Gasteiger partial charge in [0.2, 0.25) is 0 Å². The Kier molecular flexibility index (Phi) is 5.79. The van der Waals surface area contributed by atoms with Gasteiger partial charge in [-0.25, -0.2) is 0 Å². The van der Waals surface area contributed by atoms with E-state index in [-0.39, 0.29) is 0 Å². The second kappa shape index (κ2) is 8.62. The van der Waals surface area contributed by atoms with E-state index in [1.54, 1.807) is 6.20 Å². The lowest BCUT2D eigenvalue weighted by Crippen LogP contribution is -2.49. The van der Waals surface area contributed by atoms with Crippen LogP contribution in [0, 0.1) is 0 Å². The highest BCUT2D eigenvalue weighted by Gasteiger charge is 2.28. The van der Waals surface area contributed by atoms with Crippen LogP contribution >= 0.6 is 0 Å². The van der Waals surface area contributed by atoms with Crippen molar-refractivity contribution in [3.63, 3.8) is 0 Å². The Morgan fingerprint density at radius 1 is 1.04 bits per heavy atom. The zero-order valence-corrected chi connectivity index (χ0v) is 15.3. The molecule has 0 bridgehead atoms. The van der Waals surface area contributed by atoms with Gasteiger partial charge in [0.15, 0.2) is 0 Å². The Morgan fingerprint density at radius 2 is 1.88 bits per heavy atom. The van der Waals surface area contributed by atoms with Crippen LogP contribution in [0.2, 0.25) is 0 Å². The SMILES string of the molecule is c1cncc(COc2ccc(CN3CCC(N4CCNCC4)C3)cc2)c1. The molecule has 2 aromatic rings. The molecule has 0 aliphatic carbocycles. The first-order valence-electron chi connectivity index (χ1n) is 9.64. The number of pyridine rings is 1. The summed E-state index contributed by atoms with van der Waals surface area (Å²) in [6.07, 6.45) is 4.92. The number of hydrogen-bond donors (Lipinski definition) is 1. The second-order valence-electron chi connectivity index (χ2n) is 7.26. The van der Waals surface area contributed by atoms with Crippen LogP contribution in [-0.2, 0) is 13.2 Å². The second-order valence-corrected chi connectivity index (χ2v) is 7.26. The third-order valence-electron chi connectivity index (χ3n) is 5.37. The number of rotatable bonds is 6. The smallest absolute Gasteiger partial charge is 0.119 e. The molecule has 1 N–H and O–H groups in total. The molecule has 0 saturated carbocycles. The van der Waals surface area contributed by atoms with Gasteiger partial charge in [-0.3, -0.25) is 14.8 Å². The van der Waals surface area contributed by atoms with Crippen LogP contribution < -0.4 is 10.1 Å². The Morgan fingerprint density at radius 3 is 2.65 bits per heavy atom. The van der Waals surface area contributed by atoms with Crippen LogP contribution in [0.4, 0.5) is 0 Å². The van der Waals surface area contributed by atoms with Gasteiger partial charge in [-0.05, 0) is 30.2 Å². The van der Waals surface area contributed by atoms with Crippen molar-refractivity contribution in [1.29, 1.82) is 0 Å². The van der Waals surface area contributed by atoms with E-state index in [2.05, 4.69) is 44.4 Å². The highest BCUT2D eigenvalue weighted by Crippen LogP contribution is 2.20. The van der Waals surface area contributed by atoms with Gasteiger partial charge >= 0.3 is 0 Å². The Hall–Kier alpha value is -1.95. The molecule has 2 fully saturated rings. The van der Waals surface area contributed by atoms with Gasteiger partial charge in [-0.2, -0.15) is 0 Å². The first-order chi connectivity index (χ1) is 12.9. The summed E-state index contributed by atoms with van der Waals surface area (Å²) in [6, 6.07) is 13.2. The number of aromatic nitrogens is 1. The molecule has 1 unspecified atom stereocenters. The average molecular weight is 352 g/mol. The van der Waals surface area contributed by atoms with E-state index < -0.39 is 0 Å². The maximum atomic E-state index is 5.85. The molecule has 5 heteroatoms. The van der Waals surface area contributed by atoms with Crippen molar-refractivity contribution in [3.8, 4) is 5.75 Å². The van der Waals surface area contributed by atoms with Gasteiger partial charge in [-0.1, -0.05) is 18.2 Å². The maximum absolute atomic E-state index is 5.85. The standard InChI is InChI=1S/C21H28N4O/c1-2-19(14-23-8-1)17-26-21-5-3-18(4-6-21)15-24-11-7-20(16-24)25-12-9-22-10-13-25/h1-6,8,14,20,22H,7,9-13,15-17H2. The molecule has 2 aliphatic rings. The Bertz CT molecular complexity index is 670. The summed E-state index contributed by atoms with van der Waals surface area (Å²) in [4.78, 5) is 9.36. The van der Waals surface area contributed by atoms with E-state index in [0.717, 1.165) is 37.0 Å². The number of nitrogens with zero attached hydrogens (tertiary/aromatic N) is 3. The minimum atomic E-state index is 0.561. The van der Waals surface area contributed by atoms with E-state index in [9.17, 15) is 0 Å². The first-order valence-corrected chi connectivity index (χ1v) is 9.64. The third-order valence-corrected chi connectivity index (χ3v) is 5.37. The highest BCUT2D eigenvalue weighted by atomic mass is 16.5. The number of ether oxygens (including phenoxy) is 1. The van der Waals surface area contributed by atoms with Crippen LogP contribution in [0.3, 0.4) is 0 Å². The first kappa shape index (κ1) is 17.5. The summed E-state index contributed by atoms with van der Waals surface area (Å²) in [5.41, 5.74) is 2.45. The molecule has 0 spiro atoms. The fraction of sp³-hybridized carbons (Fsp3) is 0.476. The van der Waals surface area contributed by atoms with E-state index in [0.29, 0.717) is 6.61 Å². The third kappa shape index (κ3) is 4.61. The van der Waals surface area contributed by atoms with Crippen LogP contribution in [0.1, 0.15) is 17.5 Å². The van der Waals surface area contributed by atoms with Gasteiger partial charge in [0.25, 0.3) is 0 Å². The molecule has 0 radical (unpaired) electrons. The summed E-state index contributed by atoms with van der Waals surface area (Å²) in [6.45, 7) is 8.65. The highest BCUT2D eigenvalue weighted by molar-refractivity contribution is 5.27. The lowest BCUT2D eigenvalue weighted by Gasteiger charge is -2.32. The molecular formula is C21H28N4O. The predicted octanol–water partition coefficient (Wildman–Crippen LogP) is 2.14. The van der Waals surface area contributed by atoms with Crippen LogP contribution in [-0.4, -0.2) is 60.1 Å². The Balaban J connectivity index is 1.25. The van der Waals surface area contributed by atoms with E-state index in [4.69, 9.17) is 4.74 Å².